The van der Waals surface area contributed by atoms with E-state index < -0.39 is 5.91 Å². The molecule has 4 nitrogen and oxygen atoms in total. The zero-order chi connectivity index (χ0) is 13.4. The molecule has 0 atom stereocenters. The van der Waals surface area contributed by atoms with E-state index in [1.54, 1.807) is 6.07 Å². The monoisotopic (exact) mass is 321 g/mol. The lowest BCUT2D eigenvalue weighted by molar-refractivity contribution is 0.100. The first-order valence-electron chi connectivity index (χ1n) is 6.48. The fourth-order valence-corrected chi connectivity index (χ4v) is 3.34. The van der Waals surface area contributed by atoms with E-state index in [9.17, 15) is 4.79 Å². The topological polar surface area (TPSA) is 70.9 Å². The number of carbonyl (C=O) groups is 1. The van der Waals surface area contributed by atoms with Gasteiger partial charge in [-0.1, -0.05) is 15.9 Å². The highest BCUT2D eigenvalue weighted by Gasteiger charge is 2.20. The van der Waals surface area contributed by atoms with Crippen molar-refractivity contribution < 1.29 is 4.79 Å². The van der Waals surface area contributed by atoms with Gasteiger partial charge in [-0.2, -0.15) is 0 Å². The SMILES string of the molecule is NC(=O)c1cc(Br)cc2c(C3CCNCC3)c[nH]c12. The first-order valence-corrected chi connectivity index (χ1v) is 7.27. The van der Waals surface area contributed by atoms with Crippen LogP contribution < -0.4 is 11.1 Å². The van der Waals surface area contributed by atoms with Crippen molar-refractivity contribution >= 4 is 32.7 Å². The largest absolute Gasteiger partial charge is 0.366 e. The molecule has 0 aliphatic carbocycles. The van der Waals surface area contributed by atoms with E-state index in [2.05, 4.69) is 32.3 Å². The molecule has 2 aromatic rings. The van der Waals surface area contributed by atoms with Gasteiger partial charge >= 0.3 is 0 Å². The highest BCUT2D eigenvalue weighted by molar-refractivity contribution is 9.10. The van der Waals surface area contributed by atoms with Gasteiger partial charge in [0, 0.05) is 16.1 Å². The van der Waals surface area contributed by atoms with E-state index >= 15 is 0 Å². The number of H-pyrrole nitrogens is 1. The molecular weight excluding hydrogens is 306 g/mol. The first kappa shape index (κ1) is 12.7. The summed E-state index contributed by atoms with van der Waals surface area (Å²) < 4.78 is 0.892. The first-order chi connectivity index (χ1) is 9.16. The molecule has 1 fully saturated rings. The number of fused-ring (bicyclic) bond motifs is 1. The number of benzene rings is 1. The minimum absolute atomic E-state index is 0.398. The second-order valence-electron chi connectivity index (χ2n) is 5.01. The molecule has 100 valence electrons. The quantitative estimate of drug-likeness (QED) is 0.795. The Bertz CT molecular complexity index is 629. The molecule has 1 aliphatic heterocycles. The Hall–Kier alpha value is -1.33. The predicted octanol–water partition coefficient (Wildman–Crippen LogP) is 2.50. The number of primary amides is 1. The summed E-state index contributed by atoms with van der Waals surface area (Å²) in [4.78, 5) is 14.7. The van der Waals surface area contributed by atoms with Crippen LogP contribution in [0.1, 0.15) is 34.7 Å². The standard InChI is InChI=1S/C14H16BrN3O/c15-9-5-10-12(8-1-3-17-4-2-8)7-18-13(10)11(6-9)14(16)19/h5-8,17-18H,1-4H2,(H2,16,19). The molecule has 0 radical (unpaired) electrons. The highest BCUT2D eigenvalue weighted by Crippen LogP contribution is 2.34. The summed E-state index contributed by atoms with van der Waals surface area (Å²) in [6, 6.07) is 3.84. The van der Waals surface area contributed by atoms with Crippen LogP contribution in [0.2, 0.25) is 0 Å². The van der Waals surface area contributed by atoms with Gasteiger partial charge in [-0.3, -0.25) is 4.79 Å². The van der Waals surface area contributed by atoms with Crippen molar-refractivity contribution in [2.45, 2.75) is 18.8 Å². The summed E-state index contributed by atoms with van der Waals surface area (Å²) in [6.07, 6.45) is 4.29. The van der Waals surface area contributed by atoms with E-state index in [1.165, 1.54) is 5.56 Å². The van der Waals surface area contributed by atoms with E-state index in [0.717, 1.165) is 41.3 Å². The third kappa shape index (κ3) is 2.28. The maximum absolute atomic E-state index is 11.5. The average Bonchev–Trinajstić information content (AvgIpc) is 2.82. The van der Waals surface area contributed by atoms with Crippen LogP contribution in [0.3, 0.4) is 0 Å². The Morgan fingerprint density at radius 1 is 1.32 bits per heavy atom. The summed E-state index contributed by atoms with van der Waals surface area (Å²) in [5, 5.41) is 4.48. The number of rotatable bonds is 2. The van der Waals surface area contributed by atoms with Gasteiger partial charge in [0.1, 0.15) is 0 Å². The van der Waals surface area contributed by atoms with Crippen molar-refractivity contribution in [3.8, 4) is 0 Å². The molecule has 4 N–H and O–H groups in total. The van der Waals surface area contributed by atoms with E-state index in [0.29, 0.717) is 11.5 Å². The van der Waals surface area contributed by atoms with Crippen LogP contribution in [0.25, 0.3) is 10.9 Å². The van der Waals surface area contributed by atoms with Crippen LogP contribution in [0, 0.1) is 0 Å². The van der Waals surface area contributed by atoms with E-state index in [4.69, 9.17) is 5.73 Å². The molecule has 2 heterocycles. The zero-order valence-electron chi connectivity index (χ0n) is 10.5. The molecule has 1 amide bonds. The fraction of sp³-hybridized carbons (Fsp3) is 0.357. The third-order valence-corrected chi connectivity index (χ3v) is 4.29. The van der Waals surface area contributed by atoms with Crippen LogP contribution in [0.5, 0.6) is 0 Å². The van der Waals surface area contributed by atoms with Crippen molar-refractivity contribution in [3.05, 3.63) is 33.9 Å². The van der Waals surface area contributed by atoms with E-state index in [1.807, 2.05) is 6.20 Å². The number of hydrogen-bond acceptors (Lipinski definition) is 2. The summed E-state index contributed by atoms with van der Waals surface area (Å²) >= 11 is 3.46. The van der Waals surface area contributed by atoms with Gasteiger partial charge in [0.25, 0.3) is 5.91 Å². The van der Waals surface area contributed by atoms with Gasteiger partial charge in [0.15, 0.2) is 0 Å². The molecule has 1 aromatic heterocycles. The Morgan fingerprint density at radius 2 is 2.05 bits per heavy atom. The molecule has 0 bridgehead atoms. The molecule has 19 heavy (non-hydrogen) atoms. The summed E-state index contributed by atoms with van der Waals surface area (Å²) in [5.74, 6) is 0.148. The van der Waals surface area contributed by atoms with Gasteiger partial charge in [-0.15, -0.1) is 0 Å². The normalized spacial score (nSPS) is 16.9. The average molecular weight is 322 g/mol. The van der Waals surface area contributed by atoms with Crippen molar-refractivity contribution in [1.29, 1.82) is 0 Å². The number of nitrogens with one attached hydrogen (secondary N) is 2. The Labute approximate surface area is 119 Å². The zero-order valence-corrected chi connectivity index (χ0v) is 12.1. The third-order valence-electron chi connectivity index (χ3n) is 3.83. The number of hydrogen-bond donors (Lipinski definition) is 3. The molecular formula is C14H16BrN3O. The smallest absolute Gasteiger partial charge is 0.250 e. The number of nitrogens with two attached hydrogens (primary N) is 1. The lowest BCUT2D eigenvalue weighted by Gasteiger charge is -2.22. The number of aromatic nitrogens is 1. The van der Waals surface area contributed by atoms with Crippen molar-refractivity contribution in [2.75, 3.05) is 13.1 Å². The predicted molar refractivity (Wildman–Crippen MR) is 79.4 cm³/mol. The Morgan fingerprint density at radius 3 is 2.74 bits per heavy atom. The number of piperidine rings is 1. The molecule has 3 rings (SSSR count). The van der Waals surface area contributed by atoms with Crippen molar-refractivity contribution in [1.82, 2.24) is 10.3 Å². The second-order valence-corrected chi connectivity index (χ2v) is 5.92. The highest BCUT2D eigenvalue weighted by atomic mass is 79.9. The Balaban J connectivity index is 2.14. The molecule has 0 spiro atoms. The fourth-order valence-electron chi connectivity index (χ4n) is 2.88. The number of carbonyl (C=O) groups excluding carboxylic acids is 1. The van der Waals surface area contributed by atoms with Gasteiger partial charge in [-0.25, -0.2) is 0 Å². The van der Waals surface area contributed by atoms with Crippen molar-refractivity contribution in [3.63, 3.8) is 0 Å². The molecule has 1 aliphatic rings. The molecule has 1 aromatic carbocycles. The molecule has 0 saturated carbocycles. The Kier molecular flexibility index (Phi) is 3.33. The van der Waals surface area contributed by atoms with Crippen LogP contribution in [0.15, 0.2) is 22.8 Å². The summed E-state index contributed by atoms with van der Waals surface area (Å²) in [7, 11) is 0. The summed E-state index contributed by atoms with van der Waals surface area (Å²) in [5.41, 5.74) is 8.14. The van der Waals surface area contributed by atoms with Crippen LogP contribution in [-0.2, 0) is 0 Å². The van der Waals surface area contributed by atoms with Gasteiger partial charge in [-0.05, 0) is 49.5 Å². The van der Waals surface area contributed by atoms with Gasteiger partial charge < -0.3 is 16.0 Å². The minimum atomic E-state index is -0.398. The maximum atomic E-state index is 11.5. The van der Waals surface area contributed by atoms with Gasteiger partial charge in [0.05, 0.1) is 11.1 Å². The molecule has 5 heteroatoms. The van der Waals surface area contributed by atoms with E-state index in [-0.39, 0.29) is 0 Å². The second kappa shape index (κ2) is 4.98. The van der Waals surface area contributed by atoms with Crippen LogP contribution in [-0.4, -0.2) is 24.0 Å². The molecule has 0 unspecified atom stereocenters. The molecule has 1 saturated heterocycles. The number of amides is 1. The summed E-state index contributed by atoms with van der Waals surface area (Å²) in [6.45, 7) is 2.10. The lowest BCUT2D eigenvalue weighted by Crippen LogP contribution is -2.26. The number of halogens is 1. The van der Waals surface area contributed by atoms with Crippen LogP contribution in [0.4, 0.5) is 0 Å². The minimum Gasteiger partial charge on any atom is -0.366 e. The lowest BCUT2D eigenvalue weighted by atomic mass is 9.89. The van der Waals surface area contributed by atoms with Crippen LogP contribution >= 0.6 is 15.9 Å². The van der Waals surface area contributed by atoms with Gasteiger partial charge in [0.2, 0.25) is 0 Å². The maximum Gasteiger partial charge on any atom is 0.250 e. The number of aromatic amines is 1. The van der Waals surface area contributed by atoms with Crippen molar-refractivity contribution in [2.24, 2.45) is 5.73 Å².